The Bertz CT molecular complexity index is 282. The molecule has 0 aliphatic rings. The van der Waals surface area contributed by atoms with Crippen molar-refractivity contribution in [1.29, 1.82) is 0 Å². The van der Waals surface area contributed by atoms with Gasteiger partial charge in [-0.3, -0.25) is 4.89 Å². The van der Waals surface area contributed by atoms with E-state index in [4.69, 9.17) is 4.89 Å². The first-order valence-corrected chi connectivity index (χ1v) is 5.84. The Morgan fingerprint density at radius 1 is 1.18 bits per heavy atom. The van der Waals surface area contributed by atoms with Gasteiger partial charge < -0.3 is 0 Å². The van der Waals surface area contributed by atoms with Crippen LogP contribution >= 0.6 is 0 Å². The Labute approximate surface area is 104 Å². The van der Waals surface area contributed by atoms with E-state index in [1.165, 1.54) is 6.92 Å². The van der Waals surface area contributed by atoms with Gasteiger partial charge >= 0.3 is 5.97 Å². The highest BCUT2D eigenvalue weighted by Crippen LogP contribution is 2.25. The van der Waals surface area contributed by atoms with Crippen molar-refractivity contribution in [3.05, 3.63) is 0 Å². The molecule has 0 bridgehead atoms. The second kappa shape index (κ2) is 6.10. The molecule has 0 aromatic heterocycles. The molecule has 5 nitrogen and oxygen atoms in total. The molecular weight excluding hydrogens is 220 g/mol. The average Bonchev–Trinajstić information content (AvgIpc) is 2.10. The lowest BCUT2D eigenvalue weighted by Crippen LogP contribution is -2.30. The summed E-state index contributed by atoms with van der Waals surface area (Å²) >= 11 is 0. The van der Waals surface area contributed by atoms with Crippen molar-refractivity contribution in [2.45, 2.75) is 66.2 Å². The number of carbonyl (C=O) groups is 1. The molecule has 0 saturated heterocycles. The van der Waals surface area contributed by atoms with Crippen LogP contribution in [0, 0.1) is 5.92 Å². The fraction of sp³-hybridized carbons (Fsp3) is 0.917. The summed E-state index contributed by atoms with van der Waals surface area (Å²) in [5, 5.41) is 8.33. The molecule has 0 aliphatic carbocycles. The maximum Gasteiger partial charge on any atom is 0.339 e. The second-order valence-electron chi connectivity index (χ2n) is 5.80. The lowest BCUT2D eigenvalue weighted by molar-refractivity contribution is -0.330. The van der Waals surface area contributed by atoms with Gasteiger partial charge in [-0.2, -0.15) is 15.1 Å². The lowest BCUT2D eigenvalue weighted by atomic mass is 10.0. The molecule has 0 heterocycles. The summed E-state index contributed by atoms with van der Waals surface area (Å²) in [7, 11) is 0. The van der Waals surface area contributed by atoms with Crippen LogP contribution in [0.3, 0.4) is 0 Å². The van der Waals surface area contributed by atoms with Crippen LogP contribution in [0.1, 0.15) is 54.9 Å². The zero-order valence-electron chi connectivity index (χ0n) is 11.9. The molecule has 0 aliphatic heterocycles. The van der Waals surface area contributed by atoms with Gasteiger partial charge in [0, 0.05) is 13.3 Å². The number of carbonyl (C=O) groups excluding carboxylic acids is 1. The molecule has 0 spiro atoms. The molecule has 0 aromatic rings. The first kappa shape index (κ1) is 16.0. The topological polar surface area (TPSA) is 60.2 Å². The van der Waals surface area contributed by atoms with Gasteiger partial charge in [-0.15, -0.1) is 0 Å². The Kier molecular flexibility index (Phi) is 5.75. The van der Waals surface area contributed by atoms with Crippen LogP contribution in [0.5, 0.6) is 0 Å². The van der Waals surface area contributed by atoms with E-state index in [1.54, 1.807) is 6.92 Å². The molecule has 1 atom stereocenters. The molecular formula is C12H24N2O3. The SMILES string of the molecule is CC(=O)OOC(C)(CC(C)C)N=NC(C)(C)C. The molecule has 0 aromatic carbocycles. The van der Waals surface area contributed by atoms with E-state index in [1.807, 2.05) is 34.6 Å². The van der Waals surface area contributed by atoms with Crippen LogP contribution < -0.4 is 0 Å². The Hall–Kier alpha value is -0.970. The van der Waals surface area contributed by atoms with Crippen LogP contribution in [0.2, 0.25) is 0 Å². The first-order valence-electron chi connectivity index (χ1n) is 5.84. The number of hydrogen-bond acceptors (Lipinski definition) is 5. The Balaban J connectivity index is 4.71. The van der Waals surface area contributed by atoms with E-state index < -0.39 is 11.7 Å². The molecule has 0 rings (SSSR count). The van der Waals surface area contributed by atoms with Gasteiger partial charge in [0.1, 0.15) is 0 Å². The summed E-state index contributed by atoms with van der Waals surface area (Å²) in [6.45, 7) is 13.0. The van der Waals surface area contributed by atoms with Crippen molar-refractivity contribution in [2.24, 2.45) is 16.1 Å². The van der Waals surface area contributed by atoms with E-state index in [2.05, 4.69) is 15.1 Å². The zero-order valence-corrected chi connectivity index (χ0v) is 11.9. The normalized spacial score (nSPS) is 16.2. The average molecular weight is 244 g/mol. The van der Waals surface area contributed by atoms with Crippen LogP contribution in [-0.2, 0) is 14.6 Å². The number of hydrogen-bond donors (Lipinski definition) is 0. The molecule has 100 valence electrons. The van der Waals surface area contributed by atoms with Gasteiger partial charge in [-0.25, -0.2) is 4.79 Å². The van der Waals surface area contributed by atoms with E-state index in [0.717, 1.165) is 0 Å². The van der Waals surface area contributed by atoms with Crippen LogP contribution in [-0.4, -0.2) is 17.2 Å². The van der Waals surface area contributed by atoms with E-state index in [-0.39, 0.29) is 5.54 Å². The largest absolute Gasteiger partial charge is 0.339 e. The molecule has 0 saturated carbocycles. The predicted molar refractivity (Wildman–Crippen MR) is 65.3 cm³/mol. The van der Waals surface area contributed by atoms with Crippen molar-refractivity contribution in [3.8, 4) is 0 Å². The van der Waals surface area contributed by atoms with Crippen molar-refractivity contribution < 1.29 is 14.6 Å². The fourth-order valence-electron chi connectivity index (χ4n) is 1.25. The van der Waals surface area contributed by atoms with Gasteiger partial charge in [-0.05, 0) is 33.6 Å². The molecule has 1 unspecified atom stereocenters. The maximum atomic E-state index is 10.8. The molecule has 17 heavy (non-hydrogen) atoms. The minimum Gasteiger partial charge on any atom is -0.296 e. The summed E-state index contributed by atoms with van der Waals surface area (Å²) in [6.07, 6.45) is 0.625. The smallest absolute Gasteiger partial charge is 0.296 e. The van der Waals surface area contributed by atoms with E-state index in [9.17, 15) is 4.79 Å². The summed E-state index contributed by atoms with van der Waals surface area (Å²) in [6, 6.07) is 0. The highest BCUT2D eigenvalue weighted by Gasteiger charge is 2.30. The van der Waals surface area contributed by atoms with Crippen molar-refractivity contribution in [1.82, 2.24) is 0 Å². The second-order valence-corrected chi connectivity index (χ2v) is 5.80. The third kappa shape index (κ3) is 8.80. The first-order chi connectivity index (χ1) is 7.54. The highest BCUT2D eigenvalue weighted by atomic mass is 17.2. The number of rotatable bonds is 5. The van der Waals surface area contributed by atoms with Crippen molar-refractivity contribution in [3.63, 3.8) is 0 Å². The third-order valence-electron chi connectivity index (χ3n) is 1.69. The molecule has 0 N–H and O–H groups in total. The summed E-state index contributed by atoms with van der Waals surface area (Å²) in [5.41, 5.74) is -1.20. The van der Waals surface area contributed by atoms with Crippen LogP contribution in [0.15, 0.2) is 10.2 Å². The predicted octanol–water partition coefficient (Wildman–Crippen LogP) is 3.49. The quantitative estimate of drug-likeness (QED) is 0.422. The standard InChI is InChI=1S/C12H24N2O3/c1-9(2)8-12(7,17-16-10(3)15)14-13-11(4,5)6/h9H,8H2,1-7H3. The fourth-order valence-corrected chi connectivity index (χ4v) is 1.25. The summed E-state index contributed by atoms with van der Waals surface area (Å²) in [4.78, 5) is 20.4. The molecule has 5 heteroatoms. The number of nitrogens with zero attached hydrogens (tertiary/aromatic N) is 2. The maximum absolute atomic E-state index is 10.8. The van der Waals surface area contributed by atoms with E-state index >= 15 is 0 Å². The zero-order chi connectivity index (χ0) is 13.7. The van der Waals surface area contributed by atoms with Crippen molar-refractivity contribution >= 4 is 5.97 Å². The lowest BCUT2D eigenvalue weighted by Gasteiger charge is -2.25. The molecule has 0 radical (unpaired) electrons. The van der Waals surface area contributed by atoms with Crippen LogP contribution in [0.4, 0.5) is 0 Å². The summed E-state index contributed by atoms with van der Waals surface area (Å²) < 4.78 is 0. The highest BCUT2D eigenvalue weighted by molar-refractivity contribution is 5.65. The molecule has 0 amide bonds. The van der Waals surface area contributed by atoms with Gasteiger partial charge in [0.15, 0.2) is 0 Å². The van der Waals surface area contributed by atoms with Gasteiger partial charge in [0.25, 0.3) is 0 Å². The van der Waals surface area contributed by atoms with Gasteiger partial charge in [0.2, 0.25) is 5.72 Å². The summed E-state index contributed by atoms with van der Waals surface area (Å²) in [5.74, 6) is -0.139. The van der Waals surface area contributed by atoms with Gasteiger partial charge in [-0.1, -0.05) is 13.8 Å². The van der Waals surface area contributed by atoms with Crippen LogP contribution in [0.25, 0.3) is 0 Å². The van der Waals surface area contributed by atoms with Gasteiger partial charge in [0.05, 0.1) is 5.54 Å². The Morgan fingerprint density at radius 2 is 1.71 bits per heavy atom. The minimum atomic E-state index is -0.923. The van der Waals surface area contributed by atoms with E-state index in [0.29, 0.717) is 12.3 Å². The Morgan fingerprint density at radius 3 is 2.06 bits per heavy atom. The van der Waals surface area contributed by atoms with Crippen molar-refractivity contribution in [2.75, 3.05) is 0 Å². The minimum absolute atomic E-state index is 0.280. The number of azo groups is 1. The molecule has 0 fully saturated rings. The third-order valence-corrected chi connectivity index (χ3v) is 1.69. The monoisotopic (exact) mass is 244 g/mol.